The van der Waals surface area contributed by atoms with Crippen molar-refractivity contribution in [3.8, 4) is 0 Å². The van der Waals surface area contributed by atoms with E-state index in [0.717, 1.165) is 0 Å². The van der Waals surface area contributed by atoms with E-state index in [0.29, 0.717) is 5.02 Å². The van der Waals surface area contributed by atoms with Gasteiger partial charge in [0.15, 0.2) is 0 Å². The fourth-order valence-electron chi connectivity index (χ4n) is 1.23. The van der Waals surface area contributed by atoms with E-state index in [1.165, 1.54) is 22.9 Å². The number of aromatic nitrogens is 1. The van der Waals surface area contributed by atoms with Gasteiger partial charge in [-0.25, -0.2) is 0 Å². The zero-order chi connectivity index (χ0) is 13.8. The fraction of sp³-hybridized carbons (Fsp3) is 0.400. The van der Waals surface area contributed by atoms with Crippen LogP contribution in [-0.2, 0) is 11.3 Å². The Bertz CT molecular complexity index is 485. The Morgan fingerprint density at radius 2 is 2.06 bits per heavy atom. The first-order chi connectivity index (χ1) is 8.30. The molecule has 0 unspecified atom stereocenters. The molecule has 1 heterocycles. The van der Waals surface area contributed by atoms with Gasteiger partial charge in [-0.1, -0.05) is 11.6 Å². The smallest absolute Gasteiger partial charge is 0.348 e. The highest BCUT2D eigenvalue weighted by atomic mass is 35.5. The Morgan fingerprint density at radius 1 is 1.39 bits per heavy atom. The van der Waals surface area contributed by atoms with Gasteiger partial charge in [0.05, 0.1) is 5.02 Å². The van der Waals surface area contributed by atoms with Gasteiger partial charge in [0.25, 0.3) is 5.56 Å². The summed E-state index contributed by atoms with van der Waals surface area (Å²) >= 11 is 5.66. The lowest BCUT2D eigenvalue weighted by molar-refractivity contribution is -0.173. The van der Waals surface area contributed by atoms with E-state index >= 15 is 0 Å². The summed E-state index contributed by atoms with van der Waals surface area (Å²) in [5.41, 5.74) is -0.304. The van der Waals surface area contributed by atoms with Gasteiger partial charge in [0.1, 0.15) is 0 Å². The topological polar surface area (TPSA) is 51.1 Å². The molecule has 1 aromatic heterocycles. The SMILES string of the molecule is O=C(NCCCn1cc(Cl)ccc1=O)C(F)(F)F. The summed E-state index contributed by atoms with van der Waals surface area (Å²) in [6.45, 7) is 0.00876. The normalized spacial score (nSPS) is 11.3. The predicted molar refractivity (Wildman–Crippen MR) is 59.4 cm³/mol. The number of hydrogen-bond donors (Lipinski definition) is 1. The number of carbonyl (C=O) groups is 1. The number of aryl methyl sites for hydroxylation is 1. The first-order valence-corrected chi connectivity index (χ1v) is 5.39. The fourth-order valence-corrected chi connectivity index (χ4v) is 1.41. The highest BCUT2D eigenvalue weighted by Gasteiger charge is 2.38. The van der Waals surface area contributed by atoms with E-state index in [1.54, 1.807) is 5.32 Å². The first kappa shape index (κ1) is 14.6. The average Bonchev–Trinajstić information content (AvgIpc) is 2.27. The molecule has 0 spiro atoms. The second-order valence-electron chi connectivity index (χ2n) is 3.49. The van der Waals surface area contributed by atoms with Crippen LogP contribution in [0.2, 0.25) is 5.02 Å². The summed E-state index contributed by atoms with van der Waals surface area (Å²) in [5, 5.41) is 2.07. The van der Waals surface area contributed by atoms with Crippen molar-refractivity contribution in [1.29, 1.82) is 0 Å². The van der Waals surface area contributed by atoms with Crippen LogP contribution < -0.4 is 10.9 Å². The molecule has 0 aromatic carbocycles. The molecule has 1 amide bonds. The molecule has 0 atom stereocenters. The van der Waals surface area contributed by atoms with Gasteiger partial charge in [-0.15, -0.1) is 0 Å². The molecule has 1 rings (SSSR count). The summed E-state index contributed by atoms with van der Waals surface area (Å²) in [7, 11) is 0. The number of nitrogens with one attached hydrogen (secondary N) is 1. The van der Waals surface area contributed by atoms with Gasteiger partial charge in [-0.2, -0.15) is 13.2 Å². The molecule has 1 aromatic rings. The quantitative estimate of drug-likeness (QED) is 0.852. The van der Waals surface area contributed by atoms with Crippen molar-refractivity contribution >= 4 is 17.5 Å². The highest BCUT2D eigenvalue weighted by molar-refractivity contribution is 6.30. The van der Waals surface area contributed by atoms with Crippen molar-refractivity contribution in [1.82, 2.24) is 9.88 Å². The van der Waals surface area contributed by atoms with Crippen LogP contribution in [0.15, 0.2) is 23.1 Å². The lowest BCUT2D eigenvalue weighted by Crippen LogP contribution is -2.37. The summed E-state index contributed by atoms with van der Waals surface area (Å²) in [6, 6.07) is 2.68. The summed E-state index contributed by atoms with van der Waals surface area (Å²) < 4.78 is 36.8. The first-order valence-electron chi connectivity index (χ1n) is 5.02. The molecule has 4 nitrogen and oxygen atoms in total. The van der Waals surface area contributed by atoms with E-state index in [9.17, 15) is 22.8 Å². The number of carbonyl (C=O) groups excluding carboxylic acids is 1. The number of alkyl halides is 3. The maximum absolute atomic E-state index is 11.8. The van der Waals surface area contributed by atoms with E-state index in [2.05, 4.69) is 0 Å². The van der Waals surface area contributed by atoms with Gasteiger partial charge in [0, 0.05) is 25.4 Å². The molecule has 0 aliphatic carbocycles. The maximum atomic E-state index is 11.8. The van der Waals surface area contributed by atoms with E-state index in [4.69, 9.17) is 11.6 Å². The minimum atomic E-state index is -4.88. The van der Waals surface area contributed by atoms with Crippen LogP contribution >= 0.6 is 11.6 Å². The standard InChI is InChI=1S/C10H10ClF3N2O2/c11-7-2-3-8(17)16(6-7)5-1-4-15-9(18)10(12,13)14/h2-3,6H,1,4-5H2,(H,15,18). The lowest BCUT2D eigenvalue weighted by atomic mass is 10.4. The molecule has 0 aliphatic rings. The van der Waals surface area contributed by atoms with Crippen LogP contribution in [-0.4, -0.2) is 23.2 Å². The Kier molecular flexibility index (Phi) is 4.77. The minimum Gasteiger partial charge on any atom is -0.348 e. The third kappa shape index (κ3) is 4.40. The van der Waals surface area contributed by atoms with E-state index < -0.39 is 12.1 Å². The van der Waals surface area contributed by atoms with Crippen molar-refractivity contribution in [3.63, 3.8) is 0 Å². The van der Waals surface area contributed by atoms with Crippen LogP contribution in [0, 0.1) is 0 Å². The number of hydrogen-bond acceptors (Lipinski definition) is 2. The largest absolute Gasteiger partial charge is 0.471 e. The van der Waals surface area contributed by atoms with Crippen LogP contribution in [0.5, 0.6) is 0 Å². The maximum Gasteiger partial charge on any atom is 0.471 e. The second kappa shape index (κ2) is 5.90. The molecule has 0 saturated carbocycles. The van der Waals surface area contributed by atoms with Gasteiger partial charge < -0.3 is 9.88 Å². The van der Waals surface area contributed by atoms with Crippen LogP contribution in [0.25, 0.3) is 0 Å². The van der Waals surface area contributed by atoms with Crippen molar-refractivity contribution in [3.05, 3.63) is 33.7 Å². The van der Waals surface area contributed by atoms with Crippen molar-refractivity contribution < 1.29 is 18.0 Å². The van der Waals surface area contributed by atoms with Gasteiger partial charge in [-0.3, -0.25) is 9.59 Å². The lowest BCUT2D eigenvalue weighted by Gasteiger charge is -2.08. The van der Waals surface area contributed by atoms with Gasteiger partial charge >= 0.3 is 12.1 Å². The monoisotopic (exact) mass is 282 g/mol. The zero-order valence-electron chi connectivity index (χ0n) is 9.13. The molecule has 0 fully saturated rings. The number of halogens is 4. The molecule has 18 heavy (non-hydrogen) atoms. The van der Waals surface area contributed by atoms with Crippen LogP contribution in [0.1, 0.15) is 6.42 Å². The van der Waals surface area contributed by atoms with Gasteiger partial charge in [0.2, 0.25) is 0 Å². The Hall–Kier alpha value is -1.50. The molecule has 0 bridgehead atoms. The van der Waals surface area contributed by atoms with Crippen molar-refractivity contribution in [2.45, 2.75) is 19.1 Å². The molecule has 8 heteroatoms. The van der Waals surface area contributed by atoms with Crippen molar-refractivity contribution in [2.24, 2.45) is 0 Å². The summed E-state index contributed by atoms with van der Waals surface area (Å²) in [6.07, 6.45) is -3.30. The minimum absolute atomic E-state index is 0.169. The Morgan fingerprint density at radius 3 is 2.67 bits per heavy atom. The third-order valence-corrected chi connectivity index (χ3v) is 2.29. The third-order valence-electron chi connectivity index (χ3n) is 2.07. The van der Waals surface area contributed by atoms with Crippen molar-refractivity contribution in [2.75, 3.05) is 6.54 Å². The van der Waals surface area contributed by atoms with E-state index in [1.807, 2.05) is 0 Å². The summed E-state index contributed by atoms with van der Waals surface area (Å²) in [4.78, 5) is 21.8. The average molecular weight is 283 g/mol. The number of nitrogens with zero attached hydrogens (tertiary/aromatic N) is 1. The highest BCUT2D eigenvalue weighted by Crippen LogP contribution is 2.13. The Labute approximate surface area is 105 Å². The summed E-state index contributed by atoms with van der Waals surface area (Å²) in [5.74, 6) is -1.99. The van der Waals surface area contributed by atoms with Crippen LogP contribution in [0.3, 0.4) is 0 Å². The Balaban J connectivity index is 2.41. The number of rotatable bonds is 4. The van der Waals surface area contributed by atoms with Gasteiger partial charge in [-0.05, 0) is 12.5 Å². The molecular formula is C10H10ClF3N2O2. The molecular weight excluding hydrogens is 273 g/mol. The molecule has 100 valence electrons. The van der Waals surface area contributed by atoms with Crippen LogP contribution in [0.4, 0.5) is 13.2 Å². The molecule has 1 N–H and O–H groups in total. The van der Waals surface area contributed by atoms with E-state index in [-0.39, 0.29) is 25.1 Å². The molecule has 0 radical (unpaired) electrons. The number of amides is 1. The zero-order valence-corrected chi connectivity index (χ0v) is 9.88. The number of pyridine rings is 1. The molecule has 0 aliphatic heterocycles. The second-order valence-corrected chi connectivity index (χ2v) is 3.92. The molecule has 0 saturated heterocycles. The predicted octanol–water partition coefficient (Wildman–Crippen LogP) is 1.57.